The van der Waals surface area contributed by atoms with Gasteiger partial charge in [0.2, 0.25) is 0 Å². The van der Waals surface area contributed by atoms with Gasteiger partial charge in [-0.3, -0.25) is 4.90 Å². The lowest BCUT2D eigenvalue weighted by Gasteiger charge is -2.35. The minimum absolute atomic E-state index is 0.187. The van der Waals surface area contributed by atoms with E-state index in [1.807, 2.05) is 44.3 Å². The van der Waals surface area contributed by atoms with Crippen LogP contribution in [-0.2, 0) is 0 Å². The molecule has 0 saturated carbocycles. The SMILES string of the molecule is Cc1nc(Nc2ncc(-c3cn(-c4c(C)cccc4Cl)nn3)s2)cc(N2CCN(CCO)CC2)n1. The summed E-state index contributed by atoms with van der Waals surface area (Å²) in [6.45, 7) is 8.29. The zero-order valence-corrected chi connectivity index (χ0v) is 21.1. The van der Waals surface area contributed by atoms with E-state index >= 15 is 0 Å². The second kappa shape index (κ2) is 10.2. The molecule has 4 aromatic rings. The van der Waals surface area contributed by atoms with Crippen LogP contribution in [0.25, 0.3) is 16.3 Å². The maximum Gasteiger partial charge on any atom is 0.188 e. The van der Waals surface area contributed by atoms with Crippen LogP contribution >= 0.6 is 22.9 Å². The number of piperazine rings is 1. The number of halogens is 1. The van der Waals surface area contributed by atoms with Crippen LogP contribution in [0, 0.1) is 13.8 Å². The number of β-amino-alcohol motifs (C(OH)–C–C–N with tert-alkyl or cyclic N) is 1. The molecule has 12 heteroatoms. The number of nitrogens with one attached hydrogen (secondary N) is 1. The maximum atomic E-state index is 9.16. The third-order valence-electron chi connectivity index (χ3n) is 5.84. The molecule has 182 valence electrons. The number of aromatic nitrogens is 6. The topological polar surface area (TPSA) is 108 Å². The Hall–Kier alpha value is -3.12. The molecule has 1 saturated heterocycles. The fourth-order valence-corrected chi connectivity index (χ4v) is 5.16. The van der Waals surface area contributed by atoms with Crippen molar-refractivity contribution in [2.24, 2.45) is 0 Å². The van der Waals surface area contributed by atoms with E-state index < -0.39 is 0 Å². The Morgan fingerprint density at radius 3 is 2.74 bits per heavy atom. The molecule has 2 N–H and O–H groups in total. The molecule has 0 bridgehead atoms. The number of thiazole rings is 1. The first-order valence-corrected chi connectivity index (χ1v) is 12.5. The van der Waals surface area contributed by atoms with Crippen LogP contribution in [0.1, 0.15) is 11.4 Å². The number of benzene rings is 1. The molecule has 0 radical (unpaired) electrons. The summed E-state index contributed by atoms with van der Waals surface area (Å²) in [5.74, 6) is 2.28. The molecule has 0 atom stereocenters. The van der Waals surface area contributed by atoms with Crippen molar-refractivity contribution in [3.05, 3.63) is 53.1 Å². The second-order valence-corrected chi connectivity index (χ2v) is 9.76. The normalized spacial score (nSPS) is 14.5. The summed E-state index contributed by atoms with van der Waals surface area (Å²) in [4.78, 5) is 19.1. The van der Waals surface area contributed by atoms with E-state index in [1.165, 1.54) is 11.3 Å². The molecule has 1 aliphatic heterocycles. The smallest absolute Gasteiger partial charge is 0.188 e. The number of aliphatic hydroxyl groups excluding tert-OH is 1. The minimum atomic E-state index is 0.187. The van der Waals surface area contributed by atoms with Gasteiger partial charge in [-0.2, -0.15) is 0 Å². The Bertz CT molecular complexity index is 1300. The van der Waals surface area contributed by atoms with Gasteiger partial charge in [-0.1, -0.05) is 40.3 Å². The van der Waals surface area contributed by atoms with Crippen LogP contribution in [-0.4, -0.2) is 79.3 Å². The van der Waals surface area contributed by atoms with Crippen LogP contribution in [0.2, 0.25) is 5.02 Å². The number of para-hydroxylation sites is 1. The number of hydrogen-bond acceptors (Lipinski definition) is 10. The molecule has 1 aromatic carbocycles. The van der Waals surface area contributed by atoms with Crippen molar-refractivity contribution >= 4 is 39.7 Å². The van der Waals surface area contributed by atoms with Gasteiger partial charge in [-0.25, -0.2) is 19.6 Å². The van der Waals surface area contributed by atoms with Gasteiger partial charge in [0.15, 0.2) is 5.13 Å². The van der Waals surface area contributed by atoms with Crippen molar-refractivity contribution in [3.63, 3.8) is 0 Å². The third kappa shape index (κ3) is 5.27. The van der Waals surface area contributed by atoms with Gasteiger partial charge < -0.3 is 15.3 Å². The molecule has 0 spiro atoms. The van der Waals surface area contributed by atoms with Crippen molar-refractivity contribution in [2.75, 3.05) is 49.5 Å². The molecule has 4 heterocycles. The number of hydrogen-bond donors (Lipinski definition) is 2. The number of anilines is 3. The van der Waals surface area contributed by atoms with Gasteiger partial charge in [0.25, 0.3) is 0 Å². The number of aliphatic hydroxyl groups is 1. The van der Waals surface area contributed by atoms with E-state index in [0.29, 0.717) is 28.3 Å². The minimum Gasteiger partial charge on any atom is -0.395 e. The van der Waals surface area contributed by atoms with Gasteiger partial charge >= 0.3 is 0 Å². The van der Waals surface area contributed by atoms with Crippen molar-refractivity contribution in [1.29, 1.82) is 0 Å². The average molecular weight is 512 g/mol. The maximum absolute atomic E-state index is 9.16. The predicted octanol–water partition coefficient (Wildman–Crippen LogP) is 3.31. The fourth-order valence-electron chi connectivity index (χ4n) is 4.08. The molecule has 0 amide bonds. The Balaban J connectivity index is 1.31. The largest absolute Gasteiger partial charge is 0.395 e. The molecule has 0 aliphatic carbocycles. The molecule has 3 aromatic heterocycles. The van der Waals surface area contributed by atoms with Crippen LogP contribution in [0.15, 0.2) is 36.7 Å². The van der Waals surface area contributed by atoms with Gasteiger partial charge in [0.1, 0.15) is 23.2 Å². The second-order valence-electron chi connectivity index (χ2n) is 8.32. The molecule has 35 heavy (non-hydrogen) atoms. The van der Waals surface area contributed by atoms with Crippen LogP contribution in [0.4, 0.5) is 16.8 Å². The van der Waals surface area contributed by atoms with Crippen LogP contribution in [0.5, 0.6) is 0 Å². The molecule has 1 fully saturated rings. The Morgan fingerprint density at radius 2 is 1.97 bits per heavy atom. The van der Waals surface area contributed by atoms with E-state index in [1.54, 1.807) is 10.9 Å². The summed E-state index contributed by atoms with van der Waals surface area (Å²) < 4.78 is 1.69. The highest BCUT2D eigenvalue weighted by molar-refractivity contribution is 7.18. The summed E-state index contributed by atoms with van der Waals surface area (Å²) in [6.07, 6.45) is 3.63. The third-order valence-corrected chi connectivity index (χ3v) is 7.08. The van der Waals surface area contributed by atoms with Gasteiger partial charge in [0.05, 0.1) is 28.4 Å². The quantitative estimate of drug-likeness (QED) is 0.386. The number of rotatable bonds is 7. The predicted molar refractivity (Wildman–Crippen MR) is 138 cm³/mol. The molecule has 0 unspecified atom stereocenters. The Morgan fingerprint density at radius 1 is 1.14 bits per heavy atom. The van der Waals surface area contributed by atoms with Gasteiger partial charge in [-0.05, 0) is 25.5 Å². The highest BCUT2D eigenvalue weighted by Gasteiger charge is 2.19. The molecule has 10 nitrogen and oxygen atoms in total. The van der Waals surface area contributed by atoms with Gasteiger partial charge in [-0.15, -0.1) is 5.10 Å². The van der Waals surface area contributed by atoms with Gasteiger partial charge in [0, 0.05) is 45.0 Å². The lowest BCUT2D eigenvalue weighted by atomic mass is 10.2. The summed E-state index contributed by atoms with van der Waals surface area (Å²) in [5.41, 5.74) is 2.55. The standard InChI is InChI=1S/C23H26ClN9OS/c1-15-4-3-5-17(24)22(15)33-14-18(29-30-33)19-13-25-23(35-19)28-20-12-21(27-16(2)26-20)32-8-6-31(7-9-32)10-11-34/h3-5,12-14,34H,6-11H2,1-2H3,(H,25,26,27,28). The zero-order chi connectivity index (χ0) is 24.4. The number of nitrogens with zero attached hydrogens (tertiary/aromatic N) is 8. The lowest BCUT2D eigenvalue weighted by Crippen LogP contribution is -2.47. The van der Waals surface area contributed by atoms with Crippen LogP contribution in [0.3, 0.4) is 0 Å². The van der Waals surface area contributed by atoms with Crippen molar-refractivity contribution < 1.29 is 5.11 Å². The highest BCUT2D eigenvalue weighted by Crippen LogP contribution is 2.31. The van der Waals surface area contributed by atoms with E-state index in [0.717, 1.165) is 53.8 Å². The summed E-state index contributed by atoms with van der Waals surface area (Å²) in [7, 11) is 0. The first-order chi connectivity index (χ1) is 17.0. The molecular formula is C23H26ClN9OS. The van der Waals surface area contributed by atoms with Crippen molar-refractivity contribution in [2.45, 2.75) is 13.8 Å². The van der Waals surface area contributed by atoms with E-state index in [-0.39, 0.29) is 6.61 Å². The summed E-state index contributed by atoms with van der Waals surface area (Å²) in [5, 5.41) is 22.4. The monoisotopic (exact) mass is 511 g/mol. The van der Waals surface area contributed by atoms with Crippen molar-refractivity contribution in [3.8, 4) is 16.3 Å². The fraction of sp³-hybridized carbons (Fsp3) is 0.348. The van der Waals surface area contributed by atoms with E-state index in [9.17, 15) is 0 Å². The zero-order valence-electron chi connectivity index (χ0n) is 19.5. The summed E-state index contributed by atoms with van der Waals surface area (Å²) >= 11 is 7.86. The first kappa shape index (κ1) is 23.6. The van der Waals surface area contributed by atoms with Crippen LogP contribution < -0.4 is 10.2 Å². The van der Waals surface area contributed by atoms with E-state index in [4.69, 9.17) is 16.7 Å². The Labute approximate surface area is 212 Å². The lowest BCUT2D eigenvalue weighted by molar-refractivity contribution is 0.188. The van der Waals surface area contributed by atoms with E-state index in [2.05, 4.69) is 40.4 Å². The molecular weight excluding hydrogens is 486 g/mol. The molecule has 1 aliphatic rings. The highest BCUT2D eigenvalue weighted by atomic mass is 35.5. The number of aryl methyl sites for hydroxylation is 2. The Kier molecular flexibility index (Phi) is 6.91. The molecule has 5 rings (SSSR count). The summed E-state index contributed by atoms with van der Waals surface area (Å²) in [6, 6.07) is 7.70. The average Bonchev–Trinajstić information content (AvgIpc) is 3.49. The first-order valence-electron chi connectivity index (χ1n) is 11.3. The van der Waals surface area contributed by atoms with Crippen molar-refractivity contribution in [1.82, 2.24) is 34.8 Å².